The number of carboxylic acid groups (broad SMARTS) is 1. The number of unbranched alkanes of at least 4 members (excludes halogenated alkanes) is 15. The van der Waals surface area contributed by atoms with Crippen LogP contribution in [-0.2, 0) is 23.9 Å². The molecule has 0 aliphatic rings. The van der Waals surface area contributed by atoms with Gasteiger partial charge in [-0.1, -0.05) is 103 Å². The molecule has 0 bridgehead atoms. The number of ether oxygens (including phenoxy) is 2. The molecule has 8 heteroatoms. The summed E-state index contributed by atoms with van der Waals surface area (Å²) in [4.78, 5) is 34.7. The van der Waals surface area contributed by atoms with Crippen LogP contribution in [0.25, 0.3) is 0 Å². The molecular weight excluding hydrogens is 472 g/mol. The molecule has 0 radical (unpaired) electrons. The molecule has 1 unspecified atom stereocenters. The Labute approximate surface area is 226 Å². The van der Waals surface area contributed by atoms with E-state index in [1.807, 2.05) is 0 Å². The quantitative estimate of drug-likeness (QED) is 0.111. The van der Waals surface area contributed by atoms with Crippen LogP contribution >= 0.6 is 0 Å². The second-order valence-electron chi connectivity index (χ2n) is 9.99. The van der Waals surface area contributed by atoms with Crippen LogP contribution < -0.4 is 10.6 Å². The van der Waals surface area contributed by atoms with Gasteiger partial charge in [0.25, 0.3) is 0 Å². The van der Waals surface area contributed by atoms with Gasteiger partial charge in [-0.05, 0) is 19.3 Å². The number of carbonyl (C=O) groups is 3. The molecule has 0 saturated carbocycles. The number of carboxylic acids is 1. The summed E-state index contributed by atoms with van der Waals surface area (Å²) in [5.41, 5.74) is 0. The van der Waals surface area contributed by atoms with Crippen molar-refractivity contribution in [1.82, 2.24) is 10.6 Å². The number of aliphatic carboxylic acids is 1. The van der Waals surface area contributed by atoms with Crippen LogP contribution in [0.3, 0.4) is 0 Å². The van der Waals surface area contributed by atoms with Crippen LogP contribution in [0.15, 0.2) is 0 Å². The smallest absolute Gasteiger partial charge is 0.326 e. The number of rotatable bonds is 28. The van der Waals surface area contributed by atoms with E-state index in [0.29, 0.717) is 32.7 Å². The van der Waals surface area contributed by atoms with Crippen molar-refractivity contribution in [3.8, 4) is 0 Å². The predicted octanol–water partition coefficient (Wildman–Crippen LogP) is 5.77. The third-order valence-electron chi connectivity index (χ3n) is 6.56. The molecule has 2 amide bonds. The van der Waals surface area contributed by atoms with E-state index < -0.39 is 12.0 Å². The molecule has 0 aliphatic heterocycles. The monoisotopic (exact) mass is 528 g/mol. The molecule has 8 nitrogen and oxygen atoms in total. The van der Waals surface area contributed by atoms with Crippen LogP contribution in [0, 0.1) is 0 Å². The second-order valence-corrected chi connectivity index (χ2v) is 9.99. The van der Waals surface area contributed by atoms with Crippen LogP contribution in [0.4, 0.5) is 0 Å². The van der Waals surface area contributed by atoms with Gasteiger partial charge in [-0.15, -0.1) is 0 Å². The molecule has 1 atom stereocenters. The van der Waals surface area contributed by atoms with Gasteiger partial charge in [-0.25, -0.2) is 4.79 Å². The summed E-state index contributed by atoms with van der Waals surface area (Å²) >= 11 is 0. The van der Waals surface area contributed by atoms with Gasteiger partial charge in [0, 0.05) is 20.1 Å². The molecule has 37 heavy (non-hydrogen) atoms. The normalized spacial score (nSPS) is 11.8. The number of likely N-dealkylation sites (N-methyl/N-ethyl adjacent to an activating group) is 1. The highest BCUT2D eigenvalue weighted by Crippen LogP contribution is 2.13. The lowest BCUT2D eigenvalue weighted by Gasteiger charge is -2.14. The third-order valence-corrected chi connectivity index (χ3v) is 6.56. The number of hydrogen-bond acceptors (Lipinski definition) is 5. The fraction of sp³-hybridized carbons (Fsp3) is 0.897. The van der Waals surface area contributed by atoms with Gasteiger partial charge >= 0.3 is 5.97 Å². The Kier molecular flexibility index (Phi) is 26.1. The maximum absolute atomic E-state index is 12.2. The van der Waals surface area contributed by atoms with E-state index in [2.05, 4.69) is 17.6 Å². The van der Waals surface area contributed by atoms with Gasteiger partial charge in [0.15, 0.2) is 0 Å². The average Bonchev–Trinajstić information content (AvgIpc) is 2.88. The zero-order chi connectivity index (χ0) is 27.4. The standard InChI is InChI=1S/C29H56N2O6/c1-3-4-5-6-7-8-9-10-11-12-13-14-18-21-27(32)31-26(29(34)35)20-17-15-16-19-22-36-23-24-37-25-28(33)30-2/h26H,3-25H2,1-2H3,(H,30,33)(H,31,32)(H,34,35). The van der Waals surface area contributed by atoms with E-state index in [1.54, 1.807) is 7.05 Å². The topological polar surface area (TPSA) is 114 Å². The SMILES string of the molecule is CCCCCCCCCCCCCCCC(=O)NC(CCCCCCOCCOCC(=O)NC)C(=O)O. The molecule has 0 rings (SSSR count). The van der Waals surface area contributed by atoms with E-state index >= 15 is 0 Å². The number of amides is 2. The maximum atomic E-state index is 12.2. The molecule has 0 aromatic rings. The first-order valence-electron chi connectivity index (χ1n) is 14.9. The Balaban J connectivity index is 3.58. The lowest BCUT2D eigenvalue weighted by molar-refractivity contribution is -0.142. The van der Waals surface area contributed by atoms with E-state index in [4.69, 9.17) is 9.47 Å². The minimum atomic E-state index is -0.959. The Morgan fingerprint density at radius 2 is 1.16 bits per heavy atom. The van der Waals surface area contributed by atoms with Crippen LogP contribution in [0.5, 0.6) is 0 Å². The molecule has 218 valence electrons. The highest BCUT2D eigenvalue weighted by Gasteiger charge is 2.19. The van der Waals surface area contributed by atoms with Gasteiger partial charge < -0.3 is 25.2 Å². The molecule has 0 aromatic carbocycles. The molecule has 0 saturated heterocycles. The van der Waals surface area contributed by atoms with Crippen molar-refractivity contribution in [2.75, 3.05) is 33.5 Å². The summed E-state index contributed by atoms with van der Waals surface area (Å²) in [6, 6.07) is -0.803. The van der Waals surface area contributed by atoms with Crippen LogP contribution in [-0.4, -0.2) is 62.4 Å². The van der Waals surface area contributed by atoms with E-state index in [0.717, 1.165) is 44.9 Å². The minimum Gasteiger partial charge on any atom is -0.480 e. The second kappa shape index (κ2) is 27.4. The van der Waals surface area contributed by atoms with Gasteiger partial charge in [-0.2, -0.15) is 0 Å². The first-order valence-corrected chi connectivity index (χ1v) is 14.9. The summed E-state index contributed by atoms with van der Waals surface area (Å²) in [5.74, 6) is -1.27. The van der Waals surface area contributed by atoms with Crippen molar-refractivity contribution in [2.24, 2.45) is 0 Å². The maximum Gasteiger partial charge on any atom is 0.326 e. The van der Waals surface area contributed by atoms with Gasteiger partial charge in [0.2, 0.25) is 11.8 Å². The van der Waals surface area contributed by atoms with E-state index in [1.165, 1.54) is 64.2 Å². The molecule has 0 aromatic heterocycles. The molecule has 0 aliphatic carbocycles. The summed E-state index contributed by atoms with van der Waals surface area (Å²) in [6.45, 7) is 3.74. The van der Waals surface area contributed by atoms with Gasteiger partial charge in [-0.3, -0.25) is 9.59 Å². The summed E-state index contributed by atoms with van der Waals surface area (Å²) in [5, 5.41) is 14.6. The highest BCUT2D eigenvalue weighted by atomic mass is 16.5. The molecule has 0 fully saturated rings. The Morgan fingerprint density at radius 3 is 1.73 bits per heavy atom. The minimum absolute atomic E-state index is 0.0422. The zero-order valence-electron chi connectivity index (χ0n) is 23.8. The zero-order valence-corrected chi connectivity index (χ0v) is 23.8. The summed E-state index contributed by atoms with van der Waals surface area (Å²) in [7, 11) is 1.57. The molecular formula is C29H56N2O6. The lowest BCUT2D eigenvalue weighted by Crippen LogP contribution is -2.40. The largest absolute Gasteiger partial charge is 0.480 e. The number of hydrogen-bond donors (Lipinski definition) is 3. The van der Waals surface area contributed by atoms with Crippen molar-refractivity contribution in [1.29, 1.82) is 0 Å². The van der Waals surface area contributed by atoms with Crippen molar-refractivity contribution in [2.45, 2.75) is 135 Å². The fourth-order valence-electron chi connectivity index (χ4n) is 4.19. The Hall–Kier alpha value is -1.67. The van der Waals surface area contributed by atoms with E-state index in [-0.39, 0.29) is 18.4 Å². The van der Waals surface area contributed by atoms with Gasteiger partial charge in [0.1, 0.15) is 12.6 Å². The van der Waals surface area contributed by atoms with Crippen molar-refractivity contribution >= 4 is 17.8 Å². The lowest BCUT2D eigenvalue weighted by atomic mass is 10.0. The van der Waals surface area contributed by atoms with Crippen molar-refractivity contribution in [3.63, 3.8) is 0 Å². The Morgan fingerprint density at radius 1 is 0.649 bits per heavy atom. The van der Waals surface area contributed by atoms with Crippen LogP contribution in [0.1, 0.15) is 129 Å². The molecule has 0 heterocycles. The predicted molar refractivity (Wildman–Crippen MR) is 149 cm³/mol. The highest BCUT2D eigenvalue weighted by molar-refractivity contribution is 5.83. The van der Waals surface area contributed by atoms with Crippen molar-refractivity contribution < 1.29 is 29.0 Å². The first-order chi connectivity index (χ1) is 18.0. The first kappa shape index (κ1) is 35.3. The summed E-state index contributed by atoms with van der Waals surface area (Å²) < 4.78 is 10.6. The van der Waals surface area contributed by atoms with E-state index in [9.17, 15) is 19.5 Å². The Bertz CT molecular complexity index is 559. The van der Waals surface area contributed by atoms with Crippen LogP contribution in [0.2, 0.25) is 0 Å². The number of nitrogens with one attached hydrogen (secondary N) is 2. The van der Waals surface area contributed by atoms with Crippen molar-refractivity contribution in [3.05, 3.63) is 0 Å². The molecule has 0 spiro atoms. The summed E-state index contributed by atoms with van der Waals surface area (Å²) in [6.07, 6.45) is 20.7. The van der Waals surface area contributed by atoms with Gasteiger partial charge in [0.05, 0.1) is 13.2 Å². The number of carbonyl (C=O) groups excluding carboxylic acids is 2. The molecule has 3 N–H and O–H groups in total. The fourth-order valence-corrected chi connectivity index (χ4v) is 4.19. The average molecular weight is 529 g/mol. The third kappa shape index (κ3) is 25.7.